The number of Topliss-reactive ketones (excluding diaryl/α,β-unsaturated/α-hetero) is 1. The number of allylic oxidation sites excluding steroid dienone is 8. The molecule has 1 aliphatic rings. The van der Waals surface area contributed by atoms with Crippen molar-refractivity contribution in [3.05, 3.63) is 235 Å². The van der Waals surface area contributed by atoms with E-state index in [1.165, 1.54) is 82.8 Å². The normalized spacial score (nSPS) is 13.3. The van der Waals surface area contributed by atoms with Crippen molar-refractivity contribution in [3.8, 4) is 39.1 Å². The Morgan fingerprint density at radius 2 is 0.891 bits per heavy atom. The van der Waals surface area contributed by atoms with Crippen molar-refractivity contribution in [1.29, 1.82) is 0 Å². The Morgan fingerprint density at radius 1 is 0.438 bits per heavy atom. The van der Waals surface area contributed by atoms with Crippen LogP contribution in [0, 0.1) is 0 Å². The average Bonchev–Trinajstić information content (AvgIpc) is 3.87. The van der Waals surface area contributed by atoms with Gasteiger partial charge < -0.3 is 9.13 Å². The summed E-state index contributed by atoms with van der Waals surface area (Å²) >= 11 is 0. The van der Waals surface area contributed by atoms with Crippen LogP contribution >= 0.6 is 0 Å². The molecule has 0 spiro atoms. The molecule has 64 heavy (non-hydrogen) atoms. The van der Waals surface area contributed by atoms with Gasteiger partial charge in [-0.25, -0.2) is 0 Å². The van der Waals surface area contributed by atoms with E-state index >= 15 is 0 Å². The molecule has 0 fully saturated rings. The SMILES string of the molecule is C/C=C\C(=C/C)c1ccc2c(c1)c1cc(-c3ccccc3)ccc1n2-c1ccc(C(=O)C2=CC=C(n3c4ccc(-c5ccccc5)cc4c4cc(-c5ccccc5)ccc43)CC2)cc1. The van der Waals surface area contributed by atoms with Gasteiger partial charge in [-0.1, -0.05) is 140 Å². The van der Waals surface area contributed by atoms with Gasteiger partial charge in [0.05, 0.1) is 22.1 Å². The Labute approximate surface area is 373 Å². The summed E-state index contributed by atoms with van der Waals surface area (Å²) in [5.41, 5.74) is 17.9. The lowest BCUT2D eigenvalue weighted by atomic mass is 9.94. The zero-order chi connectivity index (χ0) is 43.1. The summed E-state index contributed by atoms with van der Waals surface area (Å²) in [5, 5.41) is 4.83. The lowest BCUT2D eigenvalue weighted by molar-refractivity contribution is 0.103. The quantitative estimate of drug-likeness (QED) is 0.105. The fourth-order valence-corrected chi connectivity index (χ4v) is 9.73. The number of hydrogen-bond donors (Lipinski definition) is 0. The molecule has 0 saturated carbocycles. The summed E-state index contributed by atoms with van der Waals surface area (Å²) in [7, 11) is 0. The molecule has 0 radical (unpaired) electrons. The molecule has 0 unspecified atom stereocenters. The molecule has 2 aromatic heterocycles. The van der Waals surface area contributed by atoms with E-state index in [4.69, 9.17) is 0 Å². The number of hydrogen-bond acceptors (Lipinski definition) is 1. The van der Waals surface area contributed by atoms with Gasteiger partial charge in [0.15, 0.2) is 5.78 Å². The largest absolute Gasteiger partial charge is 0.313 e. The van der Waals surface area contributed by atoms with Crippen molar-refractivity contribution >= 4 is 60.7 Å². The molecule has 8 aromatic carbocycles. The monoisotopic (exact) mass is 822 g/mol. The molecule has 0 N–H and O–H groups in total. The van der Waals surface area contributed by atoms with Gasteiger partial charge in [-0.2, -0.15) is 0 Å². The average molecular weight is 823 g/mol. The lowest BCUT2D eigenvalue weighted by Crippen LogP contribution is -2.08. The third-order valence-electron chi connectivity index (χ3n) is 12.9. The van der Waals surface area contributed by atoms with Crippen LogP contribution in [-0.2, 0) is 0 Å². The molecule has 3 nitrogen and oxygen atoms in total. The van der Waals surface area contributed by atoms with Crippen molar-refractivity contribution < 1.29 is 4.79 Å². The lowest BCUT2D eigenvalue weighted by Gasteiger charge is -2.18. The third kappa shape index (κ3) is 6.83. The minimum atomic E-state index is 0.0753. The van der Waals surface area contributed by atoms with Gasteiger partial charge in [0.1, 0.15) is 0 Å². The molecule has 306 valence electrons. The number of aromatic nitrogens is 2. The third-order valence-corrected chi connectivity index (χ3v) is 12.9. The molecule has 2 heterocycles. The van der Waals surface area contributed by atoms with E-state index in [1.54, 1.807) is 0 Å². The summed E-state index contributed by atoms with van der Waals surface area (Å²) in [4.78, 5) is 14.2. The van der Waals surface area contributed by atoms with Gasteiger partial charge >= 0.3 is 0 Å². The second-order valence-electron chi connectivity index (χ2n) is 16.7. The molecule has 10 aromatic rings. The van der Waals surface area contributed by atoms with Crippen LogP contribution in [0.25, 0.3) is 93.9 Å². The number of nitrogens with zero attached hydrogens (tertiary/aromatic N) is 2. The summed E-state index contributed by atoms with van der Waals surface area (Å²) in [5.74, 6) is 0.0753. The van der Waals surface area contributed by atoms with Gasteiger partial charge in [-0.05, 0) is 150 Å². The van der Waals surface area contributed by atoms with Gasteiger partial charge in [0.25, 0.3) is 0 Å². The Balaban J connectivity index is 0.945. The smallest absolute Gasteiger partial charge is 0.189 e. The number of ketones is 1. The molecule has 0 aliphatic heterocycles. The van der Waals surface area contributed by atoms with Gasteiger partial charge in [-0.3, -0.25) is 4.79 Å². The maximum atomic E-state index is 14.2. The minimum Gasteiger partial charge on any atom is -0.313 e. The van der Waals surface area contributed by atoms with Crippen molar-refractivity contribution in [3.63, 3.8) is 0 Å². The first-order valence-electron chi connectivity index (χ1n) is 22.2. The number of carbonyl (C=O) groups is 1. The Hall–Kier alpha value is -8.01. The highest BCUT2D eigenvalue weighted by molar-refractivity contribution is 6.14. The second-order valence-corrected chi connectivity index (χ2v) is 16.7. The standard InChI is InChI=1S/C61H46N2O/c1-3-14-41(4-2)47-25-33-57-53(37-47)54-38-48(42-15-8-5-9-16-42)26-34-58(54)62(57)51-29-21-45(22-30-51)61(64)46-23-31-52(32-24-46)63-59-35-27-49(43-17-10-6-11-18-43)39-55(59)56-40-50(28-36-60(56)63)44-19-12-7-13-20-44/h3-23,25-31,33-40H,24,32H2,1-2H3/b14-3-,41-4+. The predicted octanol–water partition coefficient (Wildman–Crippen LogP) is 16.3. The summed E-state index contributed by atoms with van der Waals surface area (Å²) in [6.07, 6.45) is 12.0. The van der Waals surface area contributed by atoms with Crippen LogP contribution in [0.1, 0.15) is 42.6 Å². The molecule has 3 heteroatoms. The van der Waals surface area contributed by atoms with Crippen LogP contribution in [0.4, 0.5) is 0 Å². The molecule has 0 atom stereocenters. The summed E-state index contributed by atoms with van der Waals surface area (Å²) in [6, 6.07) is 67.1. The van der Waals surface area contributed by atoms with Crippen LogP contribution in [0.3, 0.4) is 0 Å². The second kappa shape index (κ2) is 16.4. The summed E-state index contributed by atoms with van der Waals surface area (Å²) in [6.45, 7) is 4.15. The van der Waals surface area contributed by atoms with E-state index in [0.717, 1.165) is 28.7 Å². The van der Waals surface area contributed by atoms with Crippen molar-refractivity contribution in [2.75, 3.05) is 0 Å². The number of benzene rings is 8. The van der Waals surface area contributed by atoms with E-state index in [0.29, 0.717) is 12.0 Å². The molecule has 0 saturated heterocycles. The van der Waals surface area contributed by atoms with Crippen LogP contribution in [-0.4, -0.2) is 14.9 Å². The molecular weight excluding hydrogens is 777 g/mol. The topological polar surface area (TPSA) is 26.9 Å². The van der Waals surface area contributed by atoms with Crippen LogP contribution in [0.5, 0.6) is 0 Å². The maximum absolute atomic E-state index is 14.2. The van der Waals surface area contributed by atoms with E-state index < -0.39 is 0 Å². The van der Waals surface area contributed by atoms with E-state index in [9.17, 15) is 4.79 Å². The molecule has 11 rings (SSSR count). The van der Waals surface area contributed by atoms with Crippen molar-refractivity contribution in [2.45, 2.75) is 26.7 Å². The first-order chi connectivity index (χ1) is 31.6. The predicted molar refractivity (Wildman–Crippen MR) is 271 cm³/mol. The first-order valence-corrected chi connectivity index (χ1v) is 22.2. The van der Waals surface area contributed by atoms with Gasteiger partial charge in [-0.15, -0.1) is 0 Å². The molecular formula is C61H46N2O. The van der Waals surface area contributed by atoms with Crippen LogP contribution < -0.4 is 0 Å². The van der Waals surface area contributed by atoms with Gasteiger partial charge in [0.2, 0.25) is 0 Å². The highest BCUT2D eigenvalue weighted by Crippen LogP contribution is 2.40. The van der Waals surface area contributed by atoms with Crippen LogP contribution in [0.2, 0.25) is 0 Å². The van der Waals surface area contributed by atoms with E-state index in [2.05, 4.69) is 223 Å². The van der Waals surface area contributed by atoms with E-state index in [1.807, 2.05) is 18.2 Å². The van der Waals surface area contributed by atoms with Crippen molar-refractivity contribution in [1.82, 2.24) is 9.13 Å². The maximum Gasteiger partial charge on any atom is 0.189 e. The molecule has 0 bridgehead atoms. The minimum absolute atomic E-state index is 0.0753. The first kappa shape index (κ1) is 38.9. The van der Waals surface area contributed by atoms with E-state index in [-0.39, 0.29) is 5.78 Å². The van der Waals surface area contributed by atoms with Gasteiger partial charge in [0, 0.05) is 44.1 Å². The Morgan fingerprint density at radius 3 is 1.34 bits per heavy atom. The number of rotatable bonds is 9. The fraction of sp³-hybridized carbons (Fsp3) is 0.0656. The van der Waals surface area contributed by atoms with Crippen molar-refractivity contribution in [2.24, 2.45) is 0 Å². The zero-order valence-corrected chi connectivity index (χ0v) is 36.0. The van der Waals surface area contributed by atoms with Crippen LogP contribution in [0.15, 0.2) is 224 Å². The molecule has 1 aliphatic carbocycles. The zero-order valence-electron chi connectivity index (χ0n) is 36.0. The highest BCUT2D eigenvalue weighted by Gasteiger charge is 2.21. The fourth-order valence-electron chi connectivity index (χ4n) is 9.73. The summed E-state index contributed by atoms with van der Waals surface area (Å²) < 4.78 is 4.73. The Bertz CT molecular complexity index is 3450. The highest BCUT2D eigenvalue weighted by atomic mass is 16.1. The molecule has 0 amide bonds. The Kier molecular flexibility index (Phi) is 9.94. The number of carbonyl (C=O) groups excluding carboxylic acids is 1. The number of fused-ring (bicyclic) bond motifs is 6.